The number of benzene rings is 1. The minimum Gasteiger partial charge on any atom is -0.462 e. The van der Waals surface area contributed by atoms with Gasteiger partial charge in [-0.3, -0.25) is 4.72 Å². The first-order valence-corrected chi connectivity index (χ1v) is 9.60. The van der Waals surface area contributed by atoms with Crippen LogP contribution in [-0.4, -0.2) is 31.7 Å². The summed E-state index contributed by atoms with van der Waals surface area (Å²) < 4.78 is 31.0. The summed E-state index contributed by atoms with van der Waals surface area (Å²) in [6, 6.07) is 10.2. The maximum absolute atomic E-state index is 12.0. The van der Waals surface area contributed by atoms with Crippen molar-refractivity contribution < 1.29 is 17.9 Å². The highest BCUT2D eigenvalue weighted by Gasteiger charge is 2.13. The molecule has 0 atom stereocenters. The van der Waals surface area contributed by atoms with E-state index in [-0.39, 0.29) is 12.4 Å². The number of nitrogens with one attached hydrogen (secondary N) is 2. The predicted molar refractivity (Wildman–Crippen MR) is 97.6 cm³/mol. The van der Waals surface area contributed by atoms with Crippen molar-refractivity contribution in [2.45, 2.75) is 20.3 Å². The van der Waals surface area contributed by atoms with Gasteiger partial charge in [-0.1, -0.05) is 19.1 Å². The fraction of sp³-hybridized carbons (Fsp3) is 0.294. The molecule has 0 aliphatic heterocycles. The molecule has 0 aliphatic carbocycles. The van der Waals surface area contributed by atoms with E-state index in [0.29, 0.717) is 29.2 Å². The Morgan fingerprint density at radius 3 is 2.56 bits per heavy atom. The third-order valence-corrected chi connectivity index (χ3v) is 4.69. The highest BCUT2D eigenvalue weighted by Crippen LogP contribution is 2.21. The number of para-hydroxylation sites is 1. The predicted octanol–water partition coefficient (Wildman–Crippen LogP) is 3.15. The molecule has 0 bridgehead atoms. The maximum atomic E-state index is 12.0. The summed E-state index contributed by atoms with van der Waals surface area (Å²) in [5, 5.41) is 3.04. The molecule has 134 valence electrons. The number of hydrogen-bond donors (Lipinski definition) is 2. The number of nitrogens with zero attached hydrogens (tertiary/aromatic N) is 1. The molecule has 2 N–H and O–H groups in total. The van der Waals surface area contributed by atoms with Crippen LogP contribution in [0, 0.1) is 0 Å². The van der Waals surface area contributed by atoms with Crippen molar-refractivity contribution in [1.29, 1.82) is 0 Å². The Balaban J connectivity index is 2.13. The summed E-state index contributed by atoms with van der Waals surface area (Å²) in [6.07, 6.45) is 1.95. The van der Waals surface area contributed by atoms with Gasteiger partial charge >= 0.3 is 5.97 Å². The number of hydrogen-bond acceptors (Lipinski definition) is 6. The molecule has 1 aromatic carbocycles. The second-order valence-corrected chi connectivity index (χ2v) is 7.09. The van der Waals surface area contributed by atoms with Crippen LogP contribution in [-0.2, 0) is 14.8 Å². The highest BCUT2D eigenvalue weighted by atomic mass is 32.2. The number of esters is 1. The lowest BCUT2D eigenvalue weighted by Gasteiger charge is -2.11. The van der Waals surface area contributed by atoms with E-state index < -0.39 is 16.0 Å². The first kappa shape index (κ1) is 18.7. The number of carbonyl (C=O) groups excluding carboxylic acids is 1. The Morgan fingerprint density at radius 1 is 1.16 bits per heavy atom. The molecule has 0 fully saturated rings. The number of carbonyl (C=O) groups is 1. The van der Waals surface area contributed by atoms with Gasteiger partial charge in [-0.2, -0.15) is 0 Å². The molecule has 8 heteroatoms. The number of pyridine rings is 1. The molecule has 0 amide bonds. The smallest absolute Gasteiger partial charge is 0.340 e. The van der Waals surface area contributed by atoms with Gasteiger partial charge in [-0.15, -0.1) is 0 Å². The van der Waals surface area contributed by atoms with Gasteiger partial charge in [0, 0.05) is 0 Å². The van der Waals surface area contributed by atoms with Gasteiger partial charge in [0.1, 0.15) is 5.82 Å². The Bertz CT molecular complexity index is 820. The second-order valence-electron chi connectivity index (χ2n) is 5.24. The number of sulfonamides is 1. The van der Waals surface area contributed by atoms with E-state index in [1.807, 2.05) is 0 Å². The normalized spacial score (nSPS) is 11.0. The first-order chi connectivity index (χ1) is 11.9. The molecule has 0 saturated heterocycles. The first-order valence-electron chi connectivity index (χ1n) is 7.95. The van der Waals surface area contributed by atoms with Crippen molar-refractivity contribution in [2.75, 3.05) is 22.4 Å². The lowest BCUT2D eigenvalue weighted by Crippen LogP contribution is -2.16. The van der Waals surface area contributed by atoms with Crippen LogP contribution in [0.15, 0.2) is 42.6 Å². The maximum Gasteiger partial charge on any atom is 0.340 e. The molecule has 0 aliphatic rings. The largest absolute Gasteiger partial charge is 0.462 e. The molecular weight excluding hydrogens is 342 g/mol. The fourth-order valence-corrected chi connectivity index (χ4v) is 3.26. The molecule has 0 unspecified atom stereocenters. The van der Waals surface area contributed by atoms with Gasteiger partial charge in [-0.25, -0.2) is 18.2 Å². The minimum atomic E-state index is -3.35. The molecule has 7 nitrogen and oxygen atoms in total. The van der Waals surface area contributed by atoms with Crippen LogP contribution < -0.4 is 10.0 Å². The third-order valence-electron chi connectivity index (χ3n) is 3.19. The average molecular weight is 363 g/mol. The average Bonchev–Trinajstić information content (AvgIpc) is 2.57. The minimum absolute atomic E-state index is 0.0555. The van der Waals surface area contributed by atoms with Crippen molar-refractivity contribution >= 4 is 33.2 Å². The van der Waals surface area contributed by atoms with E-state index in [1.54, 1.807) is 50.2 Å². The van der Waals surface area contributed by atoms with E-state index in [1.165, 1.54) is 6.20 Å². The summed E-state index contributed by atoms with van der Waals surface area (Å²) in [4.78, 5) is 16.1. The number of ether oxygens (including phenoxy) is 1. The Kier molecular flexibility index (Phi) is 6.35. The molecule has 2 rings (SSSR count). The zero-order chi connectivity index (χ0) is 18.3. The molecule has 2 aromatic rings. The van der Waals surface area contributed by atoms with Crippen molar-refractivity contribution in [1.82, 2.24) is 4.98 Å². The van der Waals surface area contributed by atoms with Gasteiger partial charge in [0.05, 0.1) is 35.5 Å². The van der Waals surface area contributed by atoms with Gasteiger partial charge < -0.3 is 10.1 Å². The third kappa shape index (κ3) is 5.46. The van der Waals surface area contributed by atoms with Gasteiger partial charge in [0.15, 0.2) is 0 Å². The van der Waals surface area contributed by atoms with E-state index in [2.05, 4.69) is 15.0 Å². The lowest BCUT2D eigenvalue weighted by atomic mass is 10.2. The van der Waals surface area contributed by atoms with Crippen molar-refractivity contribution in [3.05, 3.63) is 48.2 Å². The van der Waals surface area contributed by atoms with Gasteiger partial charge in [-0.05, 0) is 37.6 Å². The Hall–Kier alpha value is -2.61. The standard InChI is InChI=1S/C17H21N3O4S/c1-3-11-25(22,23)20-13-9-10-16(18-12-13)19-15-8-6-5-7-14(15)17(21)24-4-2/h5-10,12,20H,3-4,11H2,1-2H3,(H,18,19). The van der Waals surface area contributed by atoms with E-state index >= 15 is 0 Å². The zero-order valence-corrected chi connectivity index (χ0v) is 15.0. The Labute approximate surface area is 147 Å². The van der Waals surface area contributed by atoms with Crippen molar-refractivity contribution in [3.63, 3.8) is 0 Å². The monoisotopic (exact) mass is 363 g/mol. The second kappa shape index (κ2) is 8.48. The van der Waals surface area contributed by atoms with Crippen LogP contribution in [0.3, 0.4) is 0 Å². The summed E-state index contributed by atoms with van der Waals surface area (Å²) in [7, 11) is -3.35. The molecule has 0 spiro atoms. The van der Waals surface area contributed by atoms with Gasteiger partial charge in [0.25, 0.3) is 0 Å². The van der Waals surface area contributed by atoms with Crippen LogP contribution in [0.4, 0.5) is 17.2 Å². The van der Waals surface area contributed by atoms with E-state index in [9.17, 15) is 13.2 Å². The van der Waals surface area contributed by atoms with Crippen molar-refractivity contribution in [3.8, 4) is 0 Å². The molecule has 25 heavy (non-hydrogen) atoms. The molecule has 1 aromatic heterocycles. The van der Waals surface area contributed by atoms with Crippen LogP contribution in [0.25, 0.3) is 0 Å². The lowest BCUT2D eigenvalue weighted by molar-refractivity contribution is 0.0527. The number of rotatable bonds is 8. The topological polar surface area (TPSA) is 97.4 Å². The molecule has 0 radical (unpaired) electrons. The quantitative estimate of drug-likeness (QED) is 0.699. The van der Waals surface area contributed by atoms with Crippen molar-refractivity contribution in [2.24, 2.45) is 0 Å². The van der Waals surface area contributed by atoms with Crippen LogP contribution in [0.5, 0.6) is 0 Å². The zero-order valence-electron chi connectivity index (χ0n) is 14.2. The van der Waals surface area contributed by atoms with E-state index in [0.717, 1.165) is 0 Å². The van der Waals surface area contributed by atoms with Crippen LogP contribution in [0.1, 0.15) is 30.6 Å². The number of aromatic nitrogens is 1. The summed E-state index contributed by atoms with van der Waals surface area (Å²) in [5.41, 5.74) is 1.35. The summed E-state index contributed by atoms with van der Waals surface area (Å²) in [6.45, 7) is 3.83. The SMILES string of the molecule is CCCS(=O)(=O)Nc1ccc(Nc2ccccc2C(=O)OCC)nc1. The molecule has 0 saturated carbocycles. The van der Waals surface area contributed by atoms with E-state index in [4.69, 9.17) is 4.74 Å². The fourth-order valence-electron chi connectivity index (χ4n) is 2.14. The van der Waals surface area contributed by atoms with Crippen LogP contribution in [0.2, 0.25) is 0 Å². The molecule has 1 heterocycles. The molecular formula is C17H21N3O4S. The van der Waals surface area contributed by atoms with Crippen LogP contribution >= 0.6 is 0 Å². The van der Waals surface area contributed by atoms with Gasteiger partial charge in [0.2, 0.25) is 10.0 Å². The highest BCUT2D eigenvalue weighted by molar-refractivity contribution is 7.92. The summed E-state index contributed by atoms with van der Waals surface area (Å²) >= 11 is 0. The Morgan fingerprint density at radius 2 is 1.92 bits per heavy atom. The summed E-state index contributed by atoms with van der Waals surface area (Å²) in [5.74, 6) is 0.115. The number of anilines is 3.